The van der Waals surface area contributed by atoms with Crippen molar-refractivity contribution < 1.29 is 9.53 Å². The summed E-state index contributed by atoms with van der Waals surface area (Å²) in [6, 6.07) is 17.3. The minimum atomic E-state index is -0.356. The highest BCUT2D eigenvalue weighted by atomic mass is 16.5. The van der Waals surface area contributed by atoms with E-state index in [9.17, 15) is 4.79 Å². The number of ether oxygens (including phenoxy) is 1. The predicted molar refractivity (Wildman–Crippen MR) is 109 cm³/mol. The van der Waals surface area contributed by atoms with Crippen molar-refractivity contribution in [1.82, 2.24) is 25.0 Å². The van der Waals surface area contributed by atoms with E-state index in [-0.39, 0.29) is 11.9 Å². The molecular weight excluding hydrogens is 368 g/mol. The zero-order valence-corrected chi connectivity index (χ0v) is 16.1. The van der Waals surface area contributed by atoms with Crippen LogP contribution in [0.15, 0.2) is 60.9 Å². The fraction of sp³-hybridized carbons (Fsp3) is 0.143. The van der Waals surface area contributed by atoms with Crippen molar-refractivity contribution in [3.63, 3.8) is 0 Å². The Bertz CT molecular complexity index is 1110. The van der Waals surface area contributed by atoms with Gasteiger partial charge in [0.15, 0.2) is 0 Å². The van der Waals surface area contributed by atoms with E-state index in [4.69, 9.17) is 4.74 Å². The Morgan fingerprint density at radius 3 is 2.62 bits per heavy atom. The summed E-state index contributed by atoms with van der Waals surface area (Å²) in [6.45, 7) is 2.62. The van der Waals surface area contributed by atoms with Crippen molar-refractivity contribution in [3.8, 4) is 17.0 Å². The van der Waals surface area contributed by atoms with Gasteiger partial charge in [-0.15, -0.1) is 5.10 Å². The third-order valence-corrected chi connectivity index (χ3v) is 4.44. The van der Waals surface area contributed by atoms with Gasteiger partial charge in [0, 0.05) is 5.56 Å². The van der Waals surface area contributed by atoms with Gasteiger partial charge in [0.1, 0.15) is 17.8 Å². The van der Waals surface area contributed by atoms with Crippen molar-refractivity contribution in [2.24, 2.45) is 0 Å². The number of nitrogens with zero attached hydrogens (tertiary/aromatic N) is 4. The van der Waals surface area contributed by atoms with E-state index >= 15 is 0 Å². The summed E-state index contributed by atoms with van der Waals surface area (Å²) < 4.78 is 6.83. The van der Waals surface area contributed by atoms with E-state index in [1.54, 1.807) is 24.2 Å². The number of amides is 1. The number of carbonyl (C=O) groups excluding carboxylic acids is 1. The second-order valence-corrected chi connectivity index (χ2v) is 6.60. The number of carbonyl (C=O) groups is 1. The minimum Gasteiger partial charge on any atom is -0.497 e. The number of aromatic amines is 1. The van der Waals surface area contributed by atoms with Crippen molar-refractivity contribution in [2.75, 3.05) is 12.4 Å². The lowest BCUT2D eigenvalue weighted by molar-refractivity contribution is 0.102. The van der Waals surface area contributed by atoms with E-state index in [1.807, 2.05) is 55.5 Å². The van der Waals surface area contributed by atoms with Crippen LogP contribution in [-0.2, 0) is 6.54 Å². The maximum atomic E-state index is 12.5. The fourth-order valence-corrected chi connectivity index (χ4v) is 2.83. The summed E-state index contributed by atoms with van der Waals surface area (Å²) in [5.41, 5.74) is 4.17. The standard InChI is InChI=1S/C21H20N6O2/c1-14-3-5-15(6-4-14)12-27-13-22-21(26-27)23-20(28)19-11-18(24-25-19)16-7-9-17(29-2)10-8-16/h3-11,13H,12H2,1-2H3,(H,24,25)(H,23,26,28). The molecule has 146 valence electrons. The second kappa shape index (κ2) is 7.97. The molecule has 2 aromatic heterocycles. The van der Waals surface area contributed by atoms with Crippen LogP contribution in [0.1, 0.15) is 21.6 Å². The molecular formula is C21H20N6O2. The SMILES string of the molecule is COc1ccc(-c2cc(C(=O)Nc3ncn(Cc4ccc(C)cc4)n3)[nH]n2)cc1. The maximum Gasteiger partial charge on any atom is 0.276 e. The molecule has 4 aromatic rings. The van der Waals surface area contributed by atoms with Gasteiger partial charge in [-0.2, -0.15) is 5.10 Å². The number of methoxy groups -OCH3 is 1. The zero-order chi connectivity index (χ0) is 20.2. The molecule has 4 rings (SSSR count). The van der Waals surface area contributed by atoms with E-state index in [1.165, 1.54) is 5.56 Å². The van der Waals surface area contributed by atoms with E-state index < -0.39 is 0 Å². The molecule has 1 amide bonds. The third kappa shape index (κ3) is 4.32. The number of hydrogen-bond acceptors (Lipinski definition) is 5. The van der Waals surface area contributed by atoms with Crippen LogP contribution in [-0.4, -0.2) is 38.0 Å². The third-order valence-electron chi connectivity index (χ3n) is 4.44. The molecule has 0 bridgehead atoms. The molecule has 0 atom stereocenters. The first-order valence-corrected chi connectivity index (χ1v) is 9.07. The summed E-state index contributed by atoms with van der Waals surface area (Å²) in [5.74, 6) is 0.641. The van der Waals surface area contributed by atoms with Crippen LogP contribution in [0.4, 0.5) is 5.95 Å². The van der Waals surface area contributed by atoms with Gasteiger partial charge < -0.3 is 4.74 Å². The number of rotatable bonds is 6. The highest BCUT2D eigenvalue weighted by molar-refractivity contribution is 6.02. The number of benzene rings is 2. The van der Waals surface area contributed by atoms with E-state index in [2.05, 4.69) is 25.6 Å². The number of hydrogen-bond donors (Lipinski definition) is 2. The van der Waals surface area contributed by atoms with Crippen molar-refractivity contribution in [3.05, 3.63) is 77.7 Å². The lowest BCUT2D eigenvalue weighted by Crippen LogP contribution is -2.14. The van der Waals surface area contributed by atoms with Crippen LogP contribution in [0.3, 0.4) is 0 Å². The van der Waals surface area contributed by atoms with Gasteiger partial charge in [0.25, 0.3) is 5.91 Å². The Kier molecular flexibility index (Phi) is 5.07. The van der Waals surface area contributed by atoms with E-state index in [0.29, 0.717) is 17.9 Å². The molecule has 0 aliphatic carbocycles. The van der Waals surface area contributed by atoms with Gasteiger partial charge in [0.05, 0.1) is 19.3 Å². The van der Waals surface area contributed by atoms with Crippen LogP contribution in [0.25, 0.3) is 11.3 Å². The van der Waals surface area contributed by atoms with Gasteiger partial charge >= 0.3 is 0 Å². The van der Waals surface area contributed by atoms with Gasteiger partial charge in [-0.1, -0.05) is 29.8 Å². The van der Waals surface area contributed by atoms with E-state index in [0.717, 1.165) is 16.9 Å². The van der Waals surface area contributed by atoms with Crippen LogP contribution in [0.2, 0.25) is 0 Å². The monoisotopic (exact) mass is 388 g/mol. The maximum absolute atomic E-state index is 12.5. The fourth-order valence-electron chi connectivity index (χ4n) is 2.83. The summed E-state index contributed by atoms with van der Waals surface area (Å²) in [4.78, 5) is 16.6. The highest BCUT2D eigenvalue weighted by Crippen LogP contribution is 2.21. The molecule has 0 aliphatic heterocycles. The molecule has 2 aromatic carbocycles. The molecule has 8 heteroatoms. The molecule has 29 heavy (non-hydrogen) atoms. The average molecular weight is 388 g/mol. The molecule has 0 saturated heterocycles. The molecule has 8 nitrogen and oxygen atoms in total. The van der Waals surface area contributed by atoms with Gasteiger partial charge in [-0.05, 0) is 42.8 Å². The molecule has 0 spiro atoms. The molecule has 2 N–H and O–H groups in total. The second-order valence-electron chi connectivity index (χ2n) is 6.60. The first kappa shape index (κ1) is 18.4. The van der Waals surface area contributed by atoms with Crippen molar-refractivity contribution >= 4 is 11.9 Å². The summed E-state index contributed by atoms with van der Waals surface area (Å²) >= 11 is 0. The Labute approximate surface area is 167 Å². The Hall–Kier alpha value is -3.94. The number of aromatic nitrogens is 5. The number of nitrogens with one attached hydrogen (secondary N) is 2. The van der Waals surface area contributed by atoms with Crippen LogP contribution >= 0.6 is 0 Å². The number of H-pyrrole nitrogens is 1. The average Bonchev–Trinajstić information content (AvgIpc) is 3.40. The smallest absolute Gasteiger partial charge is 0.276 e. The van der Waals surface area contributed by atoms with Gasteiger partial charge in [0.2, 0.25) is 5.95 Å². The number of anilines is 1. The molecule has 0 saturated carbocycles. The summed E-state index contributed by atoms with van der Waals surface area (Å²) in [7, 11) is 1.61. The molecule has 0 aliphatic rings. The minimum absolute atomic E-state index is 0.239. The summed E-state index contributed by atoms with van der Waals surface area (Å²) in [5, 5.41) is 13.9. The van der Waals surface area contributed by atoms with Crippen LogP contribution in [0, 0.1) is 6.92 Å². The molecule has 0 radical (unpaired) electrons. The molecule has 2 heterocycles. The van der Waals surface area contributed by atoms with Crippen LogP contribution in [0.5, 0.6) is 5.75 Å². The normalized spacial score (nSPS) is 10.7. The van der Waals surface area contributed by atoms with Crippen molar-refractivity contribution in [1.29, 1.82) is 0 Å². The van der Waals surface area contributed by atoms with Gasteiger partial charge in [-0.3, -0.25) is 15.2 Å². The predicted octanol–water partition coefficient (Wildman–Crippen LogP) is 3.29. The van der Waals surface area contributed by atoms with Crippen LogP contribution < -0.4 is 10.1 Å². The zero-order valence-electron chi connectivity index (χ0n) is 16.1. The summed E-state index contributed by atoms with van der Waals surface area (Å²) in [6.07, 6.45) is 1.59. The highest BCUT2D eigenvalue weighted by Gasteiger charge is 2.13. The first-order chi connectivity index (χ1) is 14.1. The lowest BCUT2D eigenvalue weighted by atomic mass is 10.1. The Morgan fingerprint density at radius 1 is 1.14 bits per heavy atom. The largest absolute Gasteiger partial charge is 0.497 e. The van der Waals surface area contributed by atoms with Crippen molar-refractivity contribution in [2.45, 2.75) is 13.5 Å². The number of aryl methyl sites for hydroxylation is 1. The first-order valence-electron chi connectivity index (χ1n) is 9.07. The molecule has 0 unspecified atom stereocenters. The quantitative estimate of drug-likeness (QED) is 0.528. The molecule has 0 fully saturated rings. The van der Waals surface area contributed by atoms with Gasteiger partial charge in [-0.25, -0.2) is 9.67 Å². The Balaban J connectivity index is 1.41. The lowest BCUT2D eigenvalue weighted by Gasteiger charge is -2.01. The topological polar surface area (TPSA) is 97.7 Å². The Morgan fingerprint density at radius 2 is 1.90 bits per heavy atom.